The van der Waals surface area contributed by atoms with E-state index in [1.54, 1.807) is 12.1 Å². The molecule has 0 aromatic heterocycles. The lowest BCUT2D eigenvalue weighted by Gasteiger charge is -2.17. The Labute approximate surface area is 229 Å². The number of alkyl halides is 6. The molecule has 1 aliphatic carbocycles. The molecule has 0 spiro atoms. The molecule has 1 saturated carbocycles. The molecule has 3 atom stereocenters. The first-order chi connectivity index (χ1) is 18.9. The van der Waals surface area contributed by atoms with Crippen molar-refractivity contribution in [2.45, 2.75) is 30.6 Å². The quantitative estimate of drug-likeness (QED) is 0.305. The first-order valence-electron chi connectivity index (χ1n) is 12.1. The zero-order valence-electron chi connectivity index (χ0n) is 20.8. The smallest absolute Gasteiger partial charge is 0.416 e. The van der Waals surface area contributed by atoms with Crippen molar-refractivity contribution in [1.29, 1.82) is 0 Å². The fourth-order valence-electron chi connectivity index (χ4n) is 4.64. The minimum atomic E-state index is -5.00. The van der Waals surface area contributed by atoms with Gasteiger partial charge < -0.3 is 14.8 Å². The first kappa shape index (κ1) is 27.9. The van der Waals surface area contributed by atoms with Crippen LogP contribution in [0, 0.1) is 11.8 Å². The number of nitrogens with one attached hydrogen (secondary N) is 1. The Morgan fingerprint density at radius 2 is 1.68 bits per heavy atom. The van der Waals surface area contributed by atoms with Crippen LogP contribution in [0.4, 0.5) is 32.0 Å². The average molecular weight is 581 g/mol. The SMILES string of the molecule is COc1cc(CC2C3SC(=Nc4ccccc4)NC(=O)C23)ccc1OCc1ccc(C(F)(F)F)cc1C(F)(F)F. The summed E-state index contributed by atoms with van der Waals surface area (Å²) in [6.45, 7) is -0.615. The number of amidine groups is 1. The highest BCUT2D eigenvalue weighted by Gasteiger charge is 2.58. The van der Waals surface area contributed by atoms with Gasteiger partial charge in [-0.25, -0.2) is 4.99 Å². The lowest BCUT2D eigenvalue weighted by molar-refractivity contribution is -0.143. The molecule has 5 nitrogen and oxygen atoms in total. The van der Waals surface area contributed by atoms with Crippen LogP contribution in [-0.4, -0.2) is 23.4 Å². The number of halogens is 6. The number of amides is 1. The van der Waals surface area contributed by atoms with Gasteiger partial charge in [0.1, 0.15) is 6.61 Å². The topological polar surface area (TPSA) is 59.9 Å². The maximum atomic E-state index is 13.5. The zero-order valence-corrected chi connectivity index (χ0v) is 21.7. The van der Waals surface area contributed by atoms with E-state index in [1.807, 2.05) is 30.3 Å². The molecule has 3 aromatic carbocycles. The molecule has 1 amide bonds. The Kier molecular flexibility index (Phi) is 7.47. The molecule has 3 unspecified atom stereocenters. The Morgan fingerprint density at radius 3 is 2.35 bits per heavy atom. The van der Waals surface area contributed by atoms with E-state index in [1.165, 1.54) is 24.9 Å². The molecular weight excluding hydrogens is 558 g/mol. The van der Waals surface area contributed by atoms with Crippen molar-refractivity contribution in [3.8, 4) is 11.5 Å². The van der Waals surface area contributed by atoms with Gasteiger partial charge in [0, 0.05) is 10.8 Å². The van der Waals surface area contributed by atoms with Gasteiger partial charge in [0.05, 0.1) is 29.8 Å². The fourth-order valence-corrected chi connectivity index (χ4v) is 6.04. The van der Waals surface area contributed by atoms with Crippen LogP contribution >= 0.6 is 11.8 Å². The summed E-state index contributed by atoms with van der Waals surface area (Å²) in [5, 5.41) is 3.46. The molecule has 3 aromatic rings. The molecule has 1 aliphatic heterocycles. The van der Waals surface area contributed by atoms with E-state index in [4.69, 9.17) is 9.47 Å². The molecule has 2 fully saturated rings. The van der Waals surface area contributed by atoms with Crippen LogP contribution in [0.2, 0.25) is 0 Å². The number of hydrogen-bond acceptors (Lipinski definition) is 5. The molecule has 1 saturated heterocycles. The van der Waals surface area contributed by atoms with Crippen molar-refractivity contribution >= 4 is 28.5 Å². The Balaban J connectivity index is 1.27. The predicted molar refractivity (Wildman–Crippen MR) is 138 cm³/mol. The predicted octanol–water partition coefficient (Wildman–Crippen LogP) is 7.02. The summed E-state index contributed by atoms with van der Waals surface area (Å²) in [7, 11) is 1.37. The van der Waals surface area contributed by atoms with Gasteiger partial charge >= 0.3 is 12.4 Å². The number of nitrogens with zero attached hydrogens (tertiary/aromatic N) is 1. The van der Waals surface area contributed by atoms with E-state index in [0.717, 1.165) is 17.3 Å². The third-order valence-electron chi connectivity index (χ3n) is 6.69. The first-order valence-corrected chi connectivity index (χ1v) is 13.0. The van der Waals surface area contributed by atoms with Crippen molar-refractivity contribution in [3.05, 3.63) is 89.0 Å². The van der Waals surface area contributed by atoms with Crippen LogP contribution in [0.25, 0.3) is 0 Å². The number of para-hydroxylation sites is 1. The standard InChI is InChI=1S/C28H22F6N2O3S/c1-38-22-12-15(11-19-23-24(19)40-26(36-25(23)37)35-18-5-3-2-4-6-18)7-10-21(22)39-14-16-8-9-17(27(29,30)31)13-20(16)28(32,33)34/h2-10,12-13,19,23-24H,11,14H2,1H3,(H,35,36,37). The van der Waals surface area contributed by atoms with Crippen molar-refractivity contribution in [2.24, 2.45) is 16.8 Å². The second kappa shape index (κ2) is 10.7. The number of methoxy groups -OCH3 is 1. The van der Waals surface area contributed by atoms with E-state index >= 15 is 0 Å². The van der Waals surface area contributed by atoms with Crippen molar-refractivity contribution in [1.82, 2.24) is 5.32 Å². The summed E-state index contributed by atoms with van der Waals surface area (Å²) < 4.78 is 90.2. The molecule has 40 heavy (non-hydrogen) atoms. The third-order valence-corrected chi connectivity index (χ3v) is 8.02. The Hall–Kier alpha value is -3.67. The average Bonchev–Trinajstić information content (AvgIpc) is 3.59. The van der Waals surface area contributed by atoms with Gasteiger partial charge in [-0.05, 0) is 54.3 Å². The van der Waals surface area contributed by atoms with E-state index in [0.29, 0.717) is 17.7 Å². The van der Waals surface area contributed by atoms with Gasteiger partial charge in [-0.15, -0.1) is 0 Å². The van der Waals surface area contributed by atoms with Gasteiger partial charge in [-0.3, -0.25) is 4.79 Å². The summed E-state index contributed by atoms with van der Waals surface area (Å²) in [6.07, 6.45) is -9.35. The van der Waals surface area contributed by atoms with E-state index in [9.17, 15) is 31.1 Å². The summed E-state index contributed by atoms with van der Waals surface area (Å²) in [4.78, 5) is 17.1. The molecule has 1 heterocycles. The number of ether oxygens (including phenoxy) is 2. The minimum absolute atomic E-state index is 0.0615. The third kappa shape index (κ3) is 6.06. The van der Waals surface area contributed by atoms with Crippen LogP contribution in [0.15, 0.2) is 71.7 Å². The number of carbonyl (C=O) groups is 1. The molecule has 5 rings (SSSR count). The Bertz CT molecular complexity index is 1440. The van der Waals surface area contributed by atoms with Crippen LogP contribution in [0.5, 0.6) is 11.5 Å². The summed E-state index contributed by atoms with van der Waals surface area (Å²) in [5.74, 6) is 0.197. The van der Waals surface area contributed by atoms with E-state index in [2.05, 4.69) is 10.3 Å². The van der Waals surface area contributed by atoms with Crippen LogP contribution in [-0.2, 0) is 30.2 Å². The number of hydrogen-bond donors (Lipinski definition) is 1. The summed E-state index contributed by atoms with van der Waals surface area (Å²) in [5.41, 5.74) is -1.68. The number of thioether (sulfide) groups is 1. The normalized spacial score (nSPS) is 21.5. The number of aliphatic imine (C=N–C) groups is 1. The molecule has 2 aliphatic rings. The highest BCUT2D eigenvalue weighted by molar-refractivity contribution is 8.14. The molecular formula is C28H22F6N2O3S. The van der Waals surface area contributed by atoms with Gasteiger partial charge in [0.15, 0.2) is 16.7 Å². The van der Waals surface area contributed by atoms with Crippen molar-refractivity contribution < 1.29 is 40.6 Å². The van der Waals surface area contributed by atoms with Gasteiger partial charge in [-0.1, -0.05) is 42.1 Å². The highest BCUT2D eigenvalue weighted by Crippen LogP contribution is 2.53. The lowest BCUT2D eigenvalue weighted by Crippen LogP contribution is -2.34. The molecule has 210 valence electrons. The number of fused-ring (bicyclic) bond motifs is 1. The van der Waals surface area contributed by atoms with Crippen LogP contribution in [0.3, 0.4) is 0 Å². The molecule has 0 radical (unpaired) electrons. The second-order valence-corrected chi connectivity index (χ2v) is 10.5. The van der Waals surface area contributed by atoms with E-state index < -0.39 is 35.6 Å². The number of rotatable bonds is 7. The van der Waals surface area contributed by atoms with Crippen LogP contribution in [0.1, 0.15) is 22.3 Å². The minimum Gasteiger partial charge on any atom is -0.493 e. The summed E-state index contributed by atoms with van der Waals surface area (Å²) >= 11 is 1.51. The number of benzene rings is 3. The maximum Gasteiger partial charge on any atom is 0.416 e. The Morgan fingerprint density at radius 1 is 0.925 bits per heavy atom. The zero-order chi connectivity index (χ0) is 28.7. The van der Waals surface area contributed by atoms with Gasteiger partial charge in [-0.2, -0.15) is 26.3 Å². The monoisotopic (exact) mass is 580 g/mol. The second-order valence-electron chi connectivity index (χ2n) is 9.36. The maximum absolute atomic E-state index is 13.5. The van der Waals surface area contributed by atoms with Crippen molar-refractivity contribution in [3.63, 3.8) is 0 Å². The highest BCUT2D eigenvalue weighted by atomic mass is 32.2. The summed E-state index contributed by atoms with van der Waals surface area (Å²) in [6, 6.07) is 15.6. The lowest BCUT2D eigenvalue weighted by atomic mass is 10.0. The van der Waals surface area contributed by atoms with Crippen LogP contribution < -0.4 is 14.8 Å². The largest absolute Gasteiger partial charge is 0.493 e. The van der Waals surface area contributed by atoms with Gasteiger partial charge in [0.25, 0.3) is 0 Å². The van der Waals surface area contributed by atoms with E-state index in [-0.39, 0.29) is 40.6 Å². The molecule has 1 N–H and O–H groups in total. The van der Waals surface area contributed by atoms with Gasteiger partial charge in [0.2, 0.25) is 5.91 Å². The number of carbonyl (C=O) groups excluding carboxylic acids is 1. The molecule has 12 heteroatoms. The van der Waals surface area contributed by atoms with Crippen molar-refractivity contribution in [2.75, 3.05) is 7.11 Å². The fraction of sp³-hybridized carbons (Fsp3) is 0.286. The molecule has 0 bridgehead atoms.